The number of amides is 1. The highest BCUT2D eigenvalue weighted by atomic mass is 35.5. The molecule has 0 radical (unpaired) electrons. The normalized spacial score (nSPS) is 13.8. The van der Waals surface area contributed by atoms with Crippen molar-refractivity contribution in [2.24, 2.45) is 7.05 Å². The lowest BCUT2D eigenvalue weighted by atomic mass is 10.0. The molecule has 1 amide bonds. The van der Waals surface area contributed by atoms with Crippen LogP contribution in [0.5, 0.6) is 0 Å². The third-order valence-electron chi connectivity index (χ3n) is 6.39. The van der Waals surface area contributed by atoms with Crippen LogP contribution in [0, 0.1) is 6.92 Å². The fourth-order valence-corrected chi connectivity index (χ4v) is 5.23. The van der Waals surface area contributed by atoms with Gasteiger partial charge in [-0.05, 0) is 37.6 Å². The molecule has 39 heavy (non-hydrogen) atoms. The number of hydrogen-bond acceptors (Lipinski definition) is 10. The third kappa shape index (κ3) is 5.27. The van der Waals surface area contributed by atoms with E-state index in [0.29, 0.717) is 35.5 Å². The number of hydrogen-bond donors (Lipinski definition) is 2. The molecule has 0 aliphatic carbocycles. The van der Waals surface area contributed by atoms with Crippen LogP contribution in [0.15, 0.2) is 41.6 Å². The molecule has 14 heteroatoms. The molecular weight excluding hydrogens is 544 g/mol. The van der Waals surface area contributed by atoms with Crippen LogP contribution in [0.3, 0.4) is 0 Å². The molecule has 0 fully saturated rings. The van der Waals surface area contributed by atoms with E-state index in [1.54, 1.807) is 25.4 Å². The van der Waals surface area contributed by atoms with Crippen LogP contribution in [-0.4, -0.2) is 45.1 Å². The second-order valence-corrected chi connectivity index (χ2v) is 11.6. The summed E-state index contributed by atoms with van der Waals surface area (Å²) < 4.78 is 26.7. The number of fused-ring (bicyclic) bond motifs is 2. The summed E-state index contributed by atoms with van der Waals surface area (Å²) in [6.45, 7) is 4.74. The van der Waals surface area contributed by atoms with Crippen molar-refractivity contribution in [3.63, 3.8) is 0 Å². The highest BCUT2D eigenvalue weighted by molar-refractivity contribution is 7.89. The van der Waals surface area contributed by atoms with Crippen molar-refractivity contribution < 1.29 is 13.2 Å². The summed E-state index contributed by atoms with van der Waals surface area (Å²) in [6.07, 6.45) is 4.14. The average Bonchev–Trinajstić information content (AvgIpc) is 3.30. The summed E-state index contributed by atoms with van der Waals surface area (Å²) in [5.74, 6) is -0.432. The molecule has 1 aliphatic heterocycles. The quantitative estimate of drug-likeness (QED) is 0.332. The van der Waals surface area contributed by atoms with Crippen LogP contribution in [0.25, 0.3) is 10.9 Å². The summed E-state index contributed by atoms with van der Waals surface area (Å²) in [5, 5.41) is 3.70. The van der Waals surface area contributed by atoms with Gasteiger partial charge in [-0.25, -0.2) is 33.1 Å². The monoisotopic (exact) mass is 568 g/mol. The Balaban J connectivity index is 1.57. The number of aryl methyl sites for hydroxylation is 1. The van der Waals surface area contributed by atoms with Crippen LogP contribution in [0.2, 0.25) is 5.15 Å². The molecule has 202 valence electrons. The molecule has 4 heterocycles. The molecule has 0 saturated carbocycles. The number of halogens is 1. The van der Waals surface area contributed by atoms with Crippen LogP contribution < -0.4 is 20.5 Å². The zero-order valence-electron chi connectivity index (χ0n) is 21.6. The summed E-state index contributed by atoms with van der Waals surface area (Å²) in [4.78, 5) is 45.5. The van der Waals surface area contributed by atoms with Gasteiger partial charge in [-0.1, -0.05) is 17.7 Å². The standard InChI is InChI=1S/C25H25ClN8O4S/c1-13-7-16(14(2)29-18-5-6-20(26)30-22(18)23(35)32-39(4,37)38)21-17(8-13)24(36)33(3)25(31-21)34-10-15-9-27-12-28-19(15)11-34/h5-9,12,14,29H,10-11H2,1-4H3,(H,32,35)/t14-/m1/s1. The Morgan fingerprint density at radius 2 is 1.95 bits per heavy atom. The predicted molar refractivity (Wildman–Crippen MR) is 147 cm³/mol. The first-order valence-corrected chi connectivity index (χ1v) is 14.2. The number of sulfonamides is 1. The second-order valence-electron chi connectivity index (χ2n) is 9.48. The molecule has 0 spiro atoms. The zero-order valence-corrected chi connectivity index (χ0v) is 23.1. The van der Waals surface area contributed by atoms with E-state index in [-0.39, 0.29) is 22.1 Å². The Bertz CT molecular complexity index is 1780. The van der Waals surface area contributed by atoms with E-state index in [9.17, 15) is 18.0 Å². The van der Waals surface area contributed by atoms with Crippen molar-refractivity contribution in [3.8, 4) is 0 Å². The van der Waals surface area contributed by atoms with Crippen LogP contribution in [0.4, 0.5) is 11.6 Å². The summed E-state index contributed by atoms with van der Waals surface area (Å²) >= 11 is 6.00. The van der Waals surface area contributed by atoms with Gasteiger partial charge in [-0.15, -0.1) is 0 Å². The van der Waals surface area contributed by atoms with Gasteiger partial charge in [-0.2, -0.15) is 0 Å². The predicted octanol–water partition coefficient (Wildman–Crippen LogP) is 2.46. The first-order chi connectivity index (χ1) is 18.4. The average molecular weight is 569 g/mol. The number of nitrogens with zero attached hydrogens (tertiary/aromatic N) is 6. The fraction of sp³-hybridized carbons (Fsp3) is 0.280. The van der Waals surface area contributed by atoms with Crippen molar-refractivity contribution in [1.82, 2.24) is 29.2 Å². The van der Waals surface area contributed by atoms with Crippen molar-refractivity contribution >= 4 is 50.1 Å². The van der Waals surface area contributed by atoms with Crippen molar-refractivity contribution in [1.29, 1.82) is 0 Å². The Labute approximate surface area is 229 Å². The third-order valence-corrected chi connectivity index (χ3v) is 7.16. The van der Waals surface area contributed by atoms with Gasteiger partial charge in [-0.3, -0.25) is 14.2 Å². The lowest BCUT2D eigenvalue weighted by Gasteiger charge is -2.23. The molecule has 1 atom stereocenters. The van der Waals surface area contributed by atoms with E-state index in [1.807, 2.05) is 29.5 Å². The van der Waals surface area contributed by atoms with E-state index in [2.05, 4.69) is 20.3 Å². The molecule has 0 saturated heterocycles. The maximum atomic E-state index is 13.5. The number of pyridine rings is 1. The maximum Gasteiger partial charge on any atom is 0.285 e. The van der Waals surface area contributed by atoms with Gasteiger partial charge < -0.3 is 10.2 Å². The van der Waals surface area contributed by atoms with Gasteiger partial charge in [0.1, 0.15) is 11.5 Å². The topological polar surface area (TPSA) is 152 Å². The van der Waals surface area contributed by atoms with Gasteiger partial charge in [0, 0.05) is 30.9 Å². The first-order valence-electron chi connectivity index (χ1n) is 11.9. The number of rotatable bonds is 6. The lowest BCUT2D eigenvalue weighted by molar-refractivity contribution is 0.0977. The minimum atomic E-state index is -3.83. The highest BCUT2D eigenvalue weighted by Crippen LogP contribution is 2.31. The number of anilines is 2. The molecule has 12 nitrogen and oxygen atoms in total. The van der Waals surface area contributed by atoms with Crippen LogP contribution in [0.1, 0.15) is 45.8 Å². The minimum absolute atomic E-state index is 0.0268. The smallest absolute Gasteiger partial charge is 0.285 e. The van der Waals surface area contributed by atoms with Gasteiger partial charge in [0.25, 0.3) is 11.5 Å². The molecule has 3 aromatic heterocycles. The number of aromatic nitrogens is 5. The van der Waals surface area contributed by atoms with E-state index in [1.165, 1.54) is 17.0 Å². The van der Waals surface area contributed by atoms with E-state index in [4.69, 9.17) is 16.6 Å². The van der Waals surface area contributed by atoms with Gasteiger partial charge in [0.05, 0.1) is 41.1 Å². The number of carbonyl (C=O) groups is 1. The Kier molecular flexibility index (Phi) is 6.72. The second kappa shape index (κ2) is 9.89. The van der Waals surface area contributed by atoms with Crippen molar-refractivity contribution in [2.45, 2.75) is 33.0 Å². The largest absolute Gasteiger partial charge is 0.377 e. The number of benzene rings is 1. The summed E-state index contributed by atoms with van der Waals surface area (Å²) in [5.41, 5.74) is 3.81. The summed E-state index contributed by atoms with van der Waals surface area (Å²) in [6, 6.07) is 6.28. The minimum Gasteiger partial charge on any atom is -0.377 e. The fourth-order valence-electron chi connectivity index (χ4n) is 4.65. The Morgan fingerprint density at radius 1 is 1.18 bits per heavy atom. The highest BCUT2D eigenvalue weighted by Gasteiger charge is 2.26. The van der Waals surface area contributed by atoms with Crippen molar-refractivity contribution in [3.05, 3.63) is 80.4 Å². The van der Waals surface area contributed by atoms with E-state index < -0.39 is 22.0 Å². The Morgan fingerprint density at radius 3 is 2.67 bits per heavy atom. The van der Waals surface area contributed by atoms with E-state index in [0.717, 1.165) is 23.1 Å². The molecule has 1 aliphatic rings. The number of carbonyl (C=O) groups excluding carboxylic acids is 1. The zero-order chi connectivity index (χ0) is 28.1. The molecule has 1 aromatic carbocycles. The van der Waals surface area contributed by atoms with Crippen LogP contribution >= 0.6 is 11.6 Å². The molecule has 5 rings (SSSR count). The lowest BCUT2D eigenvalue weighted by Crippen LogP contribution is -2.31. The summed E-state index contributed by atoms with van der Waals surface area (Å²) in [7, 11) is -2.14. The van der Waals surface area contributed by atoms with Crippen molar-refractivity contribution in [2.75, 3.05) is 16.5 Å². The molecule has 2 N–H and O–H groups in total. The SMILES string of the molecule is Cc1cc([C@@H](C)Nc2ccc(Cl)nc2C(=O)NS(C)(=O)=O)c2nc(N3Cc4cncnc4C3)n(C)c(=O)c2c1. The van der Waals surface area contributed by atoms with Gasteiger partial charge >= 0.3 is 0 Å². The molecular formula is C25H25ClN8O4S. The molecule has 0 bridgehead atoms. The number of nitrogens with one attached hydrogen (secondary N) is 2. The Hall–Kier alpha value is -4.10. The van der Waals surface area contributed by atoms with Gasteiger partial charge in [0.15, 0.2) is 5.69 Å². The van der Waals surface area contributed by atoms with E-state index >= 15 is 0 Å². The first kappa shape index (κ1) is 26.5. The van der Waals surface area contributed by atoms with Gasteiger partial charge in [0.2, 0.25) is 16.0 Å². The molecule has 4 aromatic rings. The maximum absolute atomic E-state index is 13.5. The molecule has 0 unspecified atom stereocenters. The van der Waals surface area contributed by atoms with Crippen LogP contribution in [-0.2, 0) is 30.2 Å².